The summed E-state index contributed by atoms with van der Waals surface area (Å²) < 4.78 is 29.9. The van der Waals surface area contributed by atoms with Gasteiger partial charge in [-0.3, -0.25) is 4.84 Å². The molecule has 0 aromatic heterocycles. The molecule has 1 heterocycles. The number of likely N-dealkylation sites (N-methyl/N-ethyl adjacent to an activating group) is 1. The predicted molar refractivity (Wildman–Crippen MR) is 167 cm³/mol. The van der Waals surface area contributed by atoms with Gasteiger partial charge < -0.3 is 23.7 Å². The van der Waals surface area contributed by atoms with Gasteiger partial charge in [-0.1, -0.05) is 72.8 Å². The number of ether oxygens (including phenoxy) is 5. The molecule has 47 heavy (non-hydrogen) atoms. The van der Waals surface area contributed by atoms with E-state index in [-0.39, 0.29) is 22.3 Å². The molecule has 11 nitrogen and oxygen atoms in total. The summed E-state index contributed by atoms with van der Waals surface area (Å²) in [7, 11) is 2.89. The Balaban J connectivity index is 1.55. The summed E-state index contributed by atoms with van der Waals surface area (Å²) in [5.41, 5.74) is 0.906. The summed E-state index contributed by atoms with van der Waals surface area (Å²) in [6.45, 7) is -0.423. The maximum atomic E-state index is 13.5. The van der Waals surface area contributed by atoms with E-state index in [9.17, 15) is 19.2 Å². The molecule has 0 saturated carbocycles. The van der Waals surface area contributed by atoms with Crippen LogP contribution in [0.4, 0.5) is 0 Å². The number of hydrogen-bond donors (Lipinski definition) is 0. The molecule has 1 aliphatic heterocycles. The SMILES string of the molecule is CON(C)[C@@H]1O[C@H](COC(=O)c2ccccc2)[C@H](OC(=O)c2ccccc2)[C@H](OC(=O)c2ccccc2)[C@H]1OC(=O)c1ccccc1. The molecule has 0 spiro atoms. The van der Waals surface area contributed by atoms with Crippen LogP contribution in [0.2, 0.25) is 0 Å². The van der Waals surface area contributed by atoms with Gasteiger partial charge in [0.2, 0.25) is 0 Å². The molecule has 0 radical (unpaired) electrons. The fourth-order valence-corrected chi connectivity index (χ4v) is 4.94. The molecule has 0 aliphatic carbocycles. The van der Waals surface area contributed by atoms with Crippen LogP contribution in [0.15, 0.2) is 121 Å². The van der Waals surface area contributed by atoms with E-state index < -0.39 is 61.1 Å². The molecule has 5 rings (SSSR count). The van der Waals surface area contributed by atoms with Crippen molar-refractivity contribution in [2.45, 2.75) is 30.6 Å². The van der Waals surface area contributed by atoms with E-state index in [2.05, 4.69) is 0 Å². The van der Waals surface area contributed by atoms with Gasteiger partial charge in [0.05, 0.1) is 29.4 Å². The zero-order valence-electron chi connectivity index (χ0n) is 25.7. The largest absolute Gasteiger partial charge is 0.459 e. The average molecular weight is 640 g/mol. The van der Waals surface area contributed by atoms with Crippen molar-refractivity contribution in [3.8, 4) is 0 Å². The normalized spacial score (nSPS) is 20.5. The van der Waals surface area contributed by atoms with E-state index in [0.717, 1.165) is 0 Å². The first-order valence-corrected chi connectivity index (χ1v) is 14.8. The lowest BCUT2D eigenvalue weighted by Gasteiger charge is -2.46. The average Bonchev–Trinajstić information content (AvgIpc) is 3.13. The Morgan fingerprint density at radius 2 is 0.915 bits per heavy atom. The minimum Gasteiger partial charge on any atom is -0.459 e. The number of nitrogens with zero attached hydrogens (tertiary/aromatic N) is 1. The molecule has 1 aliphatic rings. The monoisotopic (exact) mass is 639 g/mol. The van der Waals surface area contributed by atoms with Gasteiger partial charge in [-0.05, 0) is 48.5 Å². The first-order chi connectivity index (χ1) is 22.9. The zero-order valence-corrected chi connectivity index (χ0v) is 25.7. The van der Waals surface area contributed by atoms with Gasteiger partial charge in [0, 0.05) is 7.05 Å². The number of carbonyl (C=O) groups is 4. The third-order valence-electron chi connectivity index (χ3n) is 7.40. The van der Waals surface area contributed by atoms with Gasteiger partial charge >= 0.3 is 23.9 Å². The fourth-order valence-electron chi connectivity index (χ4n) is 4.94. The highest BCUT2D eigenvalue weighted by molar-refractivity contribution is 5.91. The summed E-state index contributed by atoms with van der Waals surface area (Å²) >= 11 is 0. The van der Waals surface area contributed by atoms with E-state index in [1.165, 1.54) is 19.2 Å². The molecule has 11 heteroatoms. The van der Waals surface area contributed by atoms with Crippen molar-refractivity contribution in [1.82, 2.24) is 5.06 Å². The third-order valence-corrected chi connectivity index (χ3v) is 7.40. The minimum atomic E-state index is -1.46. The second-order valence-electron chi connectivity index (χ2n) is 10.5. The van der Waals surface area contributed by atoms with Crippen LogP contribution in [-0.2, 0) is 28.5 Å². The lowest BCUT2D eigenvalue weighted by Crippen LogP contribution is -2.65. The molecule has 4 aromatic carbocycles. The fraction of sp³-hybridized carbons (Fsp3) is 0.222. The second kappa shape index (κ2) is 15.8. The van der Waals surface area contributed by atoms with E-state index >= 15 is 0 Å². The van der Waals surface area contributed by atoms with E-state index in [1.54, 1.807) is 121 Å². The van der Waals surface area contributed by atoms with Crippen LogP contribution < -0.4 is 0 Å². The summed E-state index contributed by atoms with van der Waals surface area (Å²) in [5, 5.41) is 1.26. The van der Waals surface area contributed by atoms with Crippen molar-refractivity contribution in [2.75, 3.05) is 20.8 Å². The van der Waals surface area contributed by atoms with Gasteiger partial charge in [0.25, 0.3) is 0 Å². The zero-order chi connectivity index (χ0) is 33.2. The van der Waals surface area contributed by atoms with Crippen LogP contribution in [0.3, 0.4) is 0 Å². The Morgan fingerprint density at radius 3 is 1.32 bits per heavy atom. The number of esters is 4. The van der Waals surface area contributed by atoms with Crippen molar-refractivity contribution in [1.29, 1.82) is 0 Å². The Labute approximate surface area is 271 Å². The van der Waals surface area contributed by atoms with Crippen molar-refractivity contribution in [2.24, 2.45) is 0 Å². The standard InChI is InChI=1S/C36H33NO10/c1-37(42-2)32-31(47-36(41)27-21-13-6-14-22-27)30(46-35(40)26-19-11-5-12-20-26)29(45-34(39)25-17-9-4-10-18-25)28(44-32)23-43-33(38)24-15-7-3-8-16-24/h3-22,28-32H,23H2,1-2H3/t28-,29+,30+,31-,32-/m1/s1. The Bertz CT molecular complexity index is 1640. The van der Waals surface area contributed by atoms with Crippen LogP contribution in [0.5, 0.6) is 0 Å². The van der Waals surface area contributed by atoms with Gasteiger partial charge in [0.15, 0.2) is 24.5 Å². The number of carbonyl (C=O) groups excluding carboxylic acids is 4. The van der Waals surface area contributed by atoms with Crippen molar-refractivity contribution < 1.29 is 47.7 Å². The number of benzene rings is 4. The maximum absolute atomic E-state index is 13.5. The number of hydroxylamine groups is 2. The first kappa shape index (κ1) is 33.0. The number of hydrogen-bond acceptors (Lipinski definition) is 11. The lowest BCUT2D eigenvalue weighted by molar-refractivity contribution is -0.317. The molecule has 0 bridgehead atoms. The Morgan fingerprint density at radius 1 is 0.553 bits per heavy atom. The Hall–Kier alpha value is -5.36. The summed E-state index contributed by atoms with van der Waals surface area (Å²) in [6, 6.07) is 32.8. The molecular formula is C36H33NO10. The van der Waals surface area contributed by atoms with Crippen molar-refractivity contribution in [3.05, 3.63) is 144 Å². The molecule has 1 fully saturated rings. The molecular weight excluding hydrogens is 606 g/mol. The predicted octanol–water partition coefficient (Wildman–Crippen LogP) is 4.74. The van der Waals surface area contributed by atoms with Gasteiger partial charge in [0.1, 0.15) is 12.7 Å². The summed E-state index contributed by atoms with van der Waals surface area (Å²) in [4.78, 5) is 58.8. The van der Waals surface area contributed by atoms with Crippen LogP contribution in [0.25, 0.3) is 0 Å². The van der Waals surface area contributed by atoms with Gasteiger partial charge in [-0.15, -0.1) is 0 Å². The molecule has 0 amide bonds. The molecule has 242 valence electrons. The topological polar surface area (TPSA) is 127 Å². The smallest absolute Gasteiger partial charge is 0.338 e. The first-order valence-electron chi connectivity index (χ1n) is 14.8. The minimum absolute atomic E-state index is 0.198. The van der Waals surface area contributed by atoms with Crippen molar-refractivity contribution in [3.63, 3.8) is 0 Å². The van der Waals surface area contributed by atoms with Crippen molar-refractivity contribution >= 4 is 23.9 Å². The highest BCUT2D eigenvalue weighted by Crippen LogP contribution is 2.32. The van der Waals surface area contributed by atoms with Gasteiger partial charge in [-0.2, -0.15) is 5.06 Å². The van der Waals surface area contributed by atoms with Crippen LogP contribution in [-0.4, -0.2) is 80.3 Å². The molecule has 1 saturated heterocycles. The Kier molecular flexibility index (Phi) is 11.1. The second-order valence-corrected chi connectivity index (χ2v) is 10.5. The lowest BCUT2D eigenvalue weighted by atomic mass is 9.96. The summed E-state index contributed by atoms with van der Waals surface area (Å²) in [6.07, 6.45) is -6.70. The van der Waals surface area contributed by atoms with E-state index in [4.69, 9.17) is 28.5 Å². The molecule has 0 N–H and O–H groups in total. The van der Waals surface area contributed by atoms with Crippen LogP contribution in [0.1, 0.15) is 41.4 Å². The van der Waals surface area contributed by atoms with E-state index in [1.807, 2.05) is 0 Å². The molecule has 5 atom stereocenters. The maximum Gasteiger partial charge on any atom is 0.338 e. The highest BCUT2D eigenvalue weighted by Gasteiger charge is 2.54. The quantitative estimate of drug-likeness (QED) is 0.128. The van der Waals surface area contributed by atoms with E-state index in [0.29, 0.717) is 0 Å². The molecule has 0 unspecified atom stereocenters. The molecule has 4 aromatic rings. The summed E-state index contributed by atoms with van der Waals surface area (Å²) in [5.74, 6) is -2.96. The van der Waals surface area contributed by atoms with Crippen LogP contribution >= 0.6 is 0 Å². The third kappa shape index (κ3) is 8.27. The highest BCUT2D eigenvalue weighted by atomic mass is 16.7. The van der Waals surface area contributed by atoms with Crippen LogP contribution in [0, 0.1) is 0 Å². The number of rotatable bonds is 11. The van der Waals surface area contributed by atoms with Gasteiger partial charge in [-0.25, -0.2) is 19.2 Å².